The number of carboxylic acid groups (broad SMARTS) is 1. The molecule has 1 aliphatic carbocycles. The molecule has 1 aromatic heterocycles. The Morgan fingerprint density at radius 3 is 2.80 bits per heavy atom. The summed E-state index contributed by atoms with van der Waals surface area (Å²) >= 11 is 1.58. The molecule has 1 atom stereocenters. The monoisotopic (exact) mass is 359 g/mol. The predicted molar refractivity (Wildman–Crippen MR) is 97.7 cm³/mol. The van der Waals surface area contributed by atoms with Crippen molar-refractivity contribution in [1.82, 2.24) is 9.88 Å². The molecule has 7 heteroatoms. The number of nitrogens with one attached hydrogen (secondary N) is 1. The van der Waals surface area contributed by atoms with Crippen molar-refractivity contribution in [1.29, 1.82) is 0 Å². The van der Waals surface area contributed by atoms with Crippen molar-refractivity contribution in [2.45, 2.75) is 38.8 Å². The molecule has 1 fully saturated rings. The van der Waals surface area contributed by atoms with Crippen molar-refractivity contribution in [3.05, 3.63) is 34.7 Å². The Hall–Kier alpha value is -2.25. The Morgan fingerprint density at radius 1 is 1.44 bits per heavy atom. The van der Waals surface area contributed by atoms with Crippen LogP contribution >= 0.6 is 11.3 Å². The summed E-state index contributed by atoms with van der Waals surface area (Å²) < 4.78 is 0. The molecule has 1 unspecified atom stereocenters. The van der Waals surface area contributed by atoms with Crippen molar-refractivity contribution >= 4 is 28.9 Å². The molecule has 1 heterocycles. The van der Waals surface area contributed by atoms with Gasteiger partial charge >= 0.3 is 5.97 Å². The molecule has 0 aliphatic heterocycles. The van der Waals surface area contributed by atoms with Gasteiger partial charge in [-0.1, -0.05) is 12.1 Å². The average Bonchev–Trinajstić information content (AvgIpc) is 3.32. The van der Waals surface area contributed by atoms with Crippen LogP contribution in [-0.4, -0.2) is 45.5 Å². The van der Waals surface area contributed by atoms with Gasteiger partial charge in [-0.2, -0.15) is 0 Å². The van der Waals surface area contributed by atoms with E-state index in [2.05, 4.69) is 10.3 Å². The number of thiazole rings is 1. The highest BCUT2D eigenvalue weighted by Crippen LogP contribution is 2.29. The van der Waals surface area contributed by atoms with E-state index >= 15 is 0 Å². The van der Waals surface area contributed by atoms with E-state index in [0.29, 0.717) is 5.69 Å². The first kappa shape index (κ1) is 17.6. The Kier molecular flexibility index (Phi) is 5.15. The number of anilines is 1. The fourth-order valence-electron chi connectivity index (χ4n) is 2.75. The second-order valence-corrected chi connectivity index (χ2v) is 7.36. The van der Waals surface area contributed by atoms with E-state index in [1.165, 1.54) is 0 Å². The van der Waals surface area contributed by atoms with Gasteiger partial charge in [0.05, 0.1) is 17.2 Å². The van der Waals surface area contributed by atoms with Crippen molar-refractivity contribution in [2.24, 2.45) is 0 Å². The predicted octanol–water partition coefficient (Wildman–Crippen LogP) is 2.99. The topological polar surface area (TPSA) is 82.5 Å². The second-order valence-electron chi connectivity index (χ2n) is 6.30. The lowest BCUT2D eigenvalue weighted by Crippen LogP contribution is -2.44. The standard InChI is InChI=1S/C18H21N3O3S/c1-11(18(23)24)21(15-6-7-15)9-17(22)20-14-5-3-4-13(8-14)16-10-25-12(2)19-16/h3-5,8,10-11,15H,6-7,9H2,1-2H3,(H,20,22)(H,23,24). The smallest absolute Gasteiger partial charge is 0.320 e. The van der Waals surface area contributed by atoms with Crippen LogP contribution in [0, 0.1) is 6.92 Å². The number of amides is 1. The third kappa shape index (κ3) is 4.43. The molecule has 6 nitrogen and oxygen atoms in total. The van der Waals surface area contributed by atoms with Crippen LogP contribution < -0.4 is 5.32 Å². The van der Waals surface area contributed by atoms with E-state index < -0.39 is 12.0 Å². The summed E-state index contributed by atoms with van der Waals surface area (Å²) in [6, 6.07) is 7.06. The van der Waals surface area contributed by atoms with Crippen molar-refractivity contribution < 1.29 is 14.7 Å². The Balaban J connectivity index is 1.67. The molecular formula is C18H21N3O3S. The van der Waals surface area contributed by atoms with Gasteiger partial charge in [-0.15, -0.1) is 11.3 Å². The lowest BCUT2D eigenvalue weighted by Gasteiger charge is -2.25. The zero-order valence-corrected chi connectivity index (χ0v) is 15.0. The third-order valence-electron chi connectivity index (χ3n) is 4.26. The van der Waals surface area contributed by atoms with Gasteiger partial charge in [-0.3, -0.25) is 14.5 Å². The molecule has 0 saturated heterocycles. The van der Waals surface area contributed by atoms with Gasteiger partial charge in [0.25, 0.3) is 0 Å². The van der Waals surface area contributed by atoms with Crippen molar-refractivity contribution in [3.63, 3.8) is 0 Å². The van der Waals surface area contributed by atoms with Gasteiger partial charge in [0.2, 0.25) is 5.91 Å². The zero-order chi connectivity index (χ0) is 18.0. The number of benzene rings is 1. The maximum absolute atomic E-state index is 12.4. The van der Waals surface area contributed by atoms with Crippen LogP contribution in [0.25, 0.3) is 11.3 Å². The summed E-state index contributed by atoms with van der Waals surface area (Å²) in [4.78, 5) is 29.8. The maximum Gasteiger partial charge on any atom is 0.320 e. The van der Waals surface area contributed by atoms with Gasteiger partial charge in [-0.25, -0.2) is 4.98 Å². The van der Waals surface area contributed by atoms with E-state index in [1.807, 2.05) is 36.6 Å². The van der Waals surface area contributed by atoms with E-state index in [9.17, 15) is 14.7 Å². The van der Waals surface area contributed by atoms with E-state index in [1.54, 1.807) is 23.2 Å². The number of aryl methyl sites for hydroxylation is 1. The normalized spacial score (nSPS) is 15.2. The zero-order valence-electron chi connectivity index (χ0n) is 14.2. The number of carbonyl (C=O) groups is 2. The number of rotatable bonds is 7. The summed E-state index contributed by atoms with van der Waals surface area (Å²) in [6.45, 7) is 3.66. The highest BCUT2D eigenvalue weighted by Gasteiger charge is 2.36. The molecule has 0 bridgehead atoms. The lowest BCUT2D eigenvalue weighted by atomic mass is 10.1. The van der Waals surface area contributed by atoms with Crippen LogP contribution in [-0.2, 0) is 9.59 Å². The van der Waals surface area contributed by atoms with Gasteiger partial charge in [-0.05, 0) is 38.8 Å². The molecule has 1 amide bonds. The first-order chi connectivity index (χ1) is 11.9. The van der Waals surface area contributed by atoms with Gasteiger partial charge < -0.3 is 10.4 Å². The fraction of sp³-hybridized carbons (Fsp3) is 0.389. The SMILES string of the molecule is Cc1nc(-c2cccc(NC(=O)CN(C3CC3)C(C)C(=O)O)c2)cs1. The van der Waals surface area contributed by atoms with Gasteiger partial charge in [0, 0.05) is 22.7 Å². The van der Waals surface area contributed by atoms with E-state index in [4.69, 9.17) is 0 Å². The van der Waals surface area contributed by atoms with Crippen LogP contribution in [0.3, 0.4) is 0 Å². The number of hydrogen-bond acceptors (Lipinski definition) is 5. The molecule has 2 aromatic rings. The summed E-state index contributed by atoms with van der Waals surface area (Å²) in [5, 5.41) is 15.1. The highest BCUT2D eigenvalue weighted by molar-refractivity contribution is 7.09. The number of hydrogen-bond donors (Lipinski definition) is 2. The number of aliphatic carboxylic acids is 1. The summed E-state index contributed by atoms with van der Waals surface area (Å²) in [5.74, 6) is -1.10. The minimum Gasteiger partial charge on any atom is -0.480 e. The quantitative estimate of drug-likeness (QED) is 0.794. The number of nitrogens with zero attached hydrogens (tertiary/aromatic N) is 2. The molecule has 3 rings (SSSR count). The maximum atomic E-state index is 12.4. The van der Waals surface area contributed by atoms with Crippen LogP contribution in [0.4, 0.5) is 5.69 Å². The highest BCUT2D eigenvalue weighted by atomic mass is 32.1. The molecule has 0 spiro atoms. The molecule has 1 aromatic carbocycles. The minimum atomic E-state index is -0.902. The van der Waals surface area contributed by atoms with Crippen molar-refractivity contribution in [2.75, 3.05) is 11.9 Å². The van der Waals surface area contributed by atoms with Crippen LogP contribution in [0.15, 0.2) is 29.6 Å². The van der Waals surface area contributed by atoms with Crippen LogP contribution in [0.1, 0.15) is 24.8 Å². The van der Waals surface area contributed by atoms with Crippen LogP contribution in [0.2, 0.25) is 0 Å². The van der Waals surface area contributed by atoms with Gasteiger partial charge in [0.1, 0.15) is 6.04 Å². The molecule has 25 heavy (non-hydrogen) atoms. The summed E-state index contributed by atoms with van der Waals surface area (Å²) in [5.41, 5.74) is 2.52. The molecule has 132 valence electrons. The third-order valence-corrected chi connectivity index (χ3v) is 5.03. The lowest BCUT2D eigenvalue weighted by molar-refractivity contribution is -0.143. The second kappa shape index (κ2) is 7.33. The fourth-order valence-corrected chi connectivity index (χ4v) is 3.37. The average molecular weight is 359 g/mol. The molecule has 1 saturated carbocycles. The largest absolute Gasteiger partial charge is 0.480 e. The Morgan fingerprint density at radius 2 is 2.20 bits per heavy atom. The first-order valence-electron chi connectivity index (χ1n) is 8.25. The van der Waals surface area contributed by atoms with Crippen LogP contribution in [0.5, 0.6) is 0 Å². The van der Waals surface area contributed by atoms with Gasteiger partial charge in [0.15, 0.2) is 0 Å². The molecular weight excluding hydrogens is 338 g/mol. The first-order valence-corrected chi connectivity index (χ1v) is 9.13. The number of aromatic nitrogens is 1. The summed E-state index contributed by atoms with van der Waals surface area (Å²) in [7, 11) is 0. The van der Waals surface area contributed by atoms with E-state index in [-0.39, 0.29) is 18.5 Å². The number of carboxylic acids is 1. The minimum absolute atomic E-state index is 0.0815. The summed E-state index contributed by atoms with van der Waals surface area (Å²) in [6.07, 6.45) is 1.90. The molecule has 1 aliphatic rings. The van der Waals surface area contributed by atoms with E-state index in [0.717, 1.165) is 29.1 Å². The Labute approximate surface area is 150 Å². The molecule has 0 radical (unpaired) electrons. The van der Waals surface area contributed by atoms with Crippen molar-refractivity contribution in [3.8, 4) is 11.3 Å². The molecule has 2 N–H and O–H groups in total. The Bertz CT molecular complexity index is 785. The number of carbonyl (C=O) groups excluding carboxylic acids is 1.